The Morgan fingerprint density at radius 3 is 2.22 bits per heavy atom. The molecular formula is C17H25BN5. The Kier molecular flexibility index (Phi) is 9.31. The first-order chi connectivity index (χ1) is 10.8. The van der Waals surface area contributed by atoms with Crippen LogP contribution in [0.4, 0.5) is 5.82 Å². The van der Waals surface area contributed by atoms with Crippen molar-refractivity contribution in [3.63, 3.8) is 0 Å². The van der Waals surface area contributed by atoms with Crippen LogP contribution in [0.1, 0.15) is 39.0 Å². The number of nitrogens with two attached hydrogens (primary N) is 1. The van der Waals surface area contributed by atoms with Gasteiger partial charge in [-0.2, -0.15) is 5.10 Å². The first-order valence-electron chi connectivity index (χ1n) is 7.71. The molecule has 0 spiro atoms. The monoisotopic (exact) mass is 310 g/mol. The molecule has 3 aromatic rings. The molecule has 0 aliphatic rings. The molecule has 0 aliphatic heterocycles. The number of aromatic nitrogens is 4. The summed E-state index contributed by atoms with van der Waals surface area (Å²) in [6, 6.07) is 10.2. The van der Waals surface area contributed by atoms with Crippen molar-refractivity contribution in [2.45, 2.75) is 34.1 Å². The zero-order valence-corrected chi connectivity index (χ0v) is 14.6. The summed E-state index contributed by atoms with van der Waals surface area (Å²) in [5.41, 5.74) is 8.80. The fraction of sp³-hybridized carbons (Fsp3) is 0.353. The van der Waals surface area contributed by atoms with Crippen molar-refractivity contribution in [2.75, 3.05) is 5.73 Å². The normalized spacial score (nSPS) is 9.09. The Hall–Kier alpha value is -2.37. The van der Waals surface area contributed by atoms with E-state index < -0.39 is 0 Å². The summed E-state index contributed by atoms with van der Waals surface area (Å²) < 4.78 is 1.74. The predicted octanol–water partition coefficient (Wildman–Crippen LogP) is 3.21. The summed E-state index contributed by atoms with van der Waals surface area (Å²) in [7, 11) is 1.86. The fourth-order valence-electron chi connectivity index (χ4n) is 2.10. The van der Waals surface area contributed by atoms with Crippen molar-refractivity contribution in [3.8, 4) is 0 Å². The average molecular weight is 310 g/mol. The number of hydrogen-bond donors (Lipinski definition) is 1. The topological polar surface area (TPSA) is 69.6 Å². The molecule has 3 rings (SSSR count). The van der Waals surface area contributed by atoms with Gasteiger partial charge in [0, 0.05) is 21.9 Å². The number of aryl methyl sites for hydroxylation is 1. The van der Waals surface area contributed by atoms with Gasteiger partial charge in [-0.05, 0) is 5.56 Å². The van der Waals surface area contributed by atoms with Crippen LogP contribution in [0.25, 0.3) is 11.0 Å². The summed E-state index contributed by atoms with van der Waals surface area (Å²) >= 11 is 0. The molecule has 0 amide bonds. The Morgan fingerprint density at radius 2 is 1.61 bits per heavy atom. The van der Waals surface area contributed by atoms with E-state index in [1.165, 1.54) is 11.9 Å². The number of benzene rings is 1. The number of nitrogen functional groups attached to an aromatic ring is 1. The zero-order valence-electron chi connectivity index (χ0n) is 14.6. The van der Waals surface area contributed by atoms with Gasteiger partial charge >= 0.3 is 0 Å². The van der Waals surface area contributed by atoms with Crippen LogP contribution >= 0.6 is 0 Å². The lowest BCUT2D eigenvalue weighted by Crippen LogP contribution is -1.95. The SMILES string of the molecule is CC.CC.Cn1nc(Cc2ccccc2)c2c(N)ncnc21.[B]. The molecule has 6 heteroatoms. The maximum absolute atomic E-state index is 5.92. The van der Waals surface area contributed by atoms with E-state index in [0.717, 1.165) is 23.1 Å². The molecule has 2 heterocycles. The highest BCUT2D eigenvalue weighted by Gasteiger charge is 2.13. The predicted molar refractivity (Wildman–Crippen MR) is 98.4 cm³/mol. The summed E-state index contributed by atoms with van der Waals surface area (Å²) in [6.07, 6.45) is 2.20. The van der Waals surface area contributed by atoms with Gasteiger partial charge in [0.25, 0.3) is 0 Å². The zero-order chi connectivity index (χ0) is 16.5. The van der Waals surface area contributed by atoms with Crippen molar-refractivity contribution < 1.29 is 0 Å². The summed E-state index contributed by atoms with van der Waals surface area (Å²) in [4.78, 5) is 8.25. The van der Waals surface area contributed by atoms with E-state index in [-0.39, 0.29) is 8.41 Å². The van der Waals surface area contributed by atoms with E-state index in [2.05, 4.69) is 27.2 Å². The number of hydrogen-bond acceptors (Lipinski definition) is 4. The molecule has 0 saturated carbocycles. The van der Waals surface area contributed by atoms with Crippen LogP contribution in [0.15, 0.2) is 36.7 Å². The van der Waals surface area contributed by atoms with Crippen LogP contribution in [0.3, 0.4) is 0 Å². The maximum atomic E-state index is 5.92. The van der Waals surface area contributed by atoms with Crippen LogP contribution in [0.5, 0.6) is 0 Å². The molecule has 2 N–H and O–H groups in total. The standard InChI is InChI=1S/C13H13N5.2C2H6.B/c1-18-13-11(12(14)15-8-16-13)10(17-18)7-9-5-3-2-4-6-9;2*1-2;/h2-6,8H,7H2,1H3,(H2,14,15,16);2*1-2H3;. The molecule has 0 aliphatic carbocycles. The summed E-state index contributed by atoms with van der Waals surface area (Å²) in [5, 5.41) is 5.33. The van der Waals surface area contributed by atoms with Crippen molar-refractivity contribution >= 4 is 25.3 Å². The van der Waals surface area contributed by atoms with Crippen LogP contribution in [0.2, 0.25) is 0 Å². The van der Waals surface area contributed by atoms with Gasteiger partial charge in [-0.1, -0.05) is 58.0 Å². The smallest absolute Gasteiger partial charge is 0.163 e. The van der Waals surface area contributed by atoms with Crippen molar-refractivity contribution in [1.29, 1.82) is 0 Å². The summed E-state index contributed by atoms with van der Waals surface area (Å²) in [5.74, 6) is 0.485. The average Bonchev–Trinajstić information content (AvgIpc) is 2.90. The highest BCUT2D eigenvalue weighted by molar-refractivity contribution is 5.88. The third-order valence-corrected chi connectivity index (χ3v) is 2.94. The van der Waals surface area contributed by atoms with Gasteiger partial charge < -0.3 is 5.73 Å². The van der Waals surface area contributed by atoms with Gasteiger partial charge in [-0.3, -0.25) is 4.68 Å². The lowest BCUT2D eigenvalue weighted by molar-refractivity contribution is 0.765. The molecular weight excluding hydrogens is 285 g/mol. The van der Waals surface area contributed by atoms with Gasteiger partial charge in [-0.25, -0.2) is 9.97 Å². The van der Waals surface area contributed by atoms with Crippen LogP contribution in [-0.4, -0.2) is 28.2 Å². The molecule has 0 unspecified atom stereocenters. The van der Waals surface area contributed by atoms with E-state index in [4.69, 9.17) is 5.73 Å². The van der Waals surface area contributed by atoms with Gasteiger partial charge in [0.05, 0.1) is 11.1 Å². The van der Waals surface area contributed by atoms with Crippen molar-refractivity contribution in [1.82, 2.24) is 19.7 Å². The number of anilines is 1. The van der Waals surface area contributed by atoms with Crippen LogP contribution < -0.4 is 5.73 Å². The van der Waals surface area contributed by atoms with Gasteiger partial charge in [-0.15, -0.1) is 0 Å². The fourth-order valence-corrected chi connectivity index (χ4v) is 2.10. The second-order valence-corrected chi connectivity index (χ2v) is 4.19. The second-order valence-electron chi connectivity index (χ2n) is 4.19. The van der Waals surface area contributed by atoms with E-state index in [0.29, 0.717) is 5.82 Å². The third-order valence-electron chi connectivity index (χ3n) is 2.94. The molecule has 5 nitrogen and oxygen atoms in total. The van der Waals surface area contributed by atoms with Crippen LogP contribution in [-0.2, 0) is 13.5 Å². The van der Waals surface area contributed by atoms with E-state index in [1.807, 2.05) is 52.9 Å². The van der Waals surface area contributed by atoms with E-state index in [9.17, 15) is 0 Å². The highest BCUT2D eigenvalue weighted by Crippen LogP contribution is 2.22. The van der Waals surface area contributed by atoms with Gasteiger partial charge in [0.15, 0.2) is 5.65 Å². The van der Waals surface area contributed by atoms with E-state index in [1.54, 1.807) is 4.68 Å². The lowest BCUT2D eigenvalue weighted by atomic mass is 10.1. The molecule has 23 heavy (non-hydrogen) atoms. The quantitative estimate of drug-likeness (QED) is 0.738. The Labute approximate surface area is 140 Å². The van der Waals surface area contributed by atoms with Crippen LogP contribution in [0, 0.1) is 0 Å². The molecule has 2 aromatic heterocycles. The number of rotatable bonds is 2. The Morgan fingerprint density at radius 1 is 1.00 bits per heavy atom. The first kappa shape index (κ1) is 20.6. The van der Waals surface area contributed by atoms with Gasteiger partial charge in [0.2, 0.25) is 0 Å². The minimum absolute atomic E-state index is 0. The van der Waals surface area contributed by atoms with Gasteiger partial charge in [0.1, 0.15) is 12.1 Å². The number of fused-ring (bicyclic) bond motifs is 1. The molecule has 0 bridgehead atoms. The van der Waals surface area contributed by atoms with Crippen molar-refractivity contribution in [2.24, 2.45) is 7.05 Å². The number of nitrogens with zero attached hydrogens (tertiary/aromatic N) is 4. The molecule has 121 valence electrons. The van der Waals surface area contributed by atoms with E-state index >= 15 is 0 Å². The summed E-state index contributed by atoms with van der Waals surface area (Å²) in [6.45, 7) is 8.00. The molecule has 1 aromatic carbocycles. The minimum Gasteiger partial charge on any atom is -0.383 e. The largest absolute Gasteiger partial charge is 0.383 e. The molecule has 0 fully saturated rings. The third kappa shape index (κ3) is 4.81. The molecule has 3 radical (unpaired) electrons. The second kappa shape index (κ2) is 10.4. The highest BCUT2D eigenvalue weighted by atomic mass is 15.3. The minimum atomic E-state index is 0. The Bertz CT molecular complexity index is 695. The lowest BCUT2D eigenvalue weighted by Gasteiger charge is -1.99. The Balaban J connectivity index is 0.000000901. The maximum Gasteiger partial charge on any atom is 0.163 e. The van der Waals surface area contributed by atoms with Crippen molar-refractivity contribution in [3.05, 3.63) is 47.9 Å². The molecule has 0 saturated heterocycles. The molecule has 0 atom stereocenters. The first-order valence-corrected chi connectivity index (χ1v) is 7.71.